The standard InChI is InChI=1S/C67H110O5/c1-4-7-10-13-16-19-22-25-28-31-33-35-38-41-44-47-50-53-56-59-62-70-63-65(72-67(69)61-58-55-52-49-46-43-40-36-30-27-24-21-18-15-12-9-6-3)64-71-66(68)60-57-54-51-48-45-42-39-37-34-32-29-26-23-20-17-14-11-8-5-2/h8,11,16-21,25-30,33-35,37,42,45,51,54,65H,4-7,9-10,12-15,22-24,31-32,36,38-41,43-44,46-50,52-53,55-64H2,1-3H3/b11-8-,19-16-,20-17-,21-18-,28-25-,29-26-,30-27-,35-33-,37-34-,45-42-,54-51-. The van der Waals surface area contributed by atoms with Gasteiger partial charge in [0.2, 0.25) is 0 Å². The molecular weight excluding hydrogens is 885 g/mol. The van der Waals surface area contributed by atoms with Gasteiger partial charge in [-0.05, 0) is 128 Å². The maximum absolute atomic E-state index is 12.9. The summed E-state index contributed by atoms with van der Waals surface area (Å²) in [5, 5.41) is 0. The summed E-state index contributed by atoms with van der Waals surface area (Å²) < 4.78 is 17.4. The van der Waals surface area contributed by atoms with Crippen LogP contribution in [-0.4, -0.2) is 37.9 Å². The molecule has 0 aromatic rings. The first-order valence-electron chi connectivity index (χ1n) is 29.7. The summed E-state index contributed by atoms with van der Waals surface area (Å²) in [7, 11) is 0. The Bertz CT molecular complexity index is 1500. The Morgan fingerprint density at radius 3 is 1.06 bits per heavy atom. The first kappa shape index (κ1) is 68.0. The number of carbonyl (C=O) groups excluding carboxylic acids is 2. The van der Waals surface area contributed by atoms with Crippen molar-refractivity contribution in [3.05, 3.63) is 134 Å². The van der Waals surface area contributed by atoms with Gasteiger partial charge in [0.1, 0.15) is 6.61 Å². The molecular formula is C67H110O5. The third-order valence-electron chi connectivity index (χ3n) is 12.2. The van der Waals surface area contributed by atoms with Crippen molar-refractivity contribution < 1.29 is 23.8 Å². The predicted octanol–water partition coefficient (Wildman–Crippen LogP) is 20.7. The fourth-order valence-corrected chi connectivity index (χ4v) is 7.75. The maximum Gasteiger partial charge on any atom is 0.306 e. The maximum atomic E-state index is 12.9. The lowest BCUT2D eigenvalue weighted by molar-refractivity contribution is -0.162. The number of esters is 2. The Hall–Kier alpha value is -3.96. The van der Waals surface area contributed by atoms with Crippen LogP contribution in [0, 0.1) is 0 Å². The summed E-state index contributed by atoms with van der Waals surface area (Å²) in [6, 6.07) is 0. The average Bonchev–Trinajstić information content (AvgIpc) is 3.38. The summed E-state index contributed by atoms with van der Waals surface area (Å²) in [5.74, 6) is -0.513. The van der Waals surface area contributed by atoms with E-state index in [0.717, 1.165) is 96.3 Å². The van der Waals surface area contributed by atoms with Crippen molar-refractivity contribution in [3.8, 4) is 0 Å². The van der Waals surface area contributed by atoms with E-state index in [1.54, 1.807) is 0 Å². The molecule has 408 valence electrons. The van der Waals surface area contributed by atoms with Gasteiger partial charge in [-0.25, -0.2) is 0 Å². The van der Waals surface area contributed by atoms with Crippen molar-refractivity contribution in [2.24, 2.45) is 0 Å². The summed E-state index contributed by atoms with van der Waals surface area (Å²) >= 11 is 0. The molecule has 1 unspecified atom stereocenters. The Morgan fingerprint density at radius 1 is 0.319 bits per heavy atom. The summed E-state index contributed by atoms with van der Waals surface area (Å²) in [6.45, 7) is 7.55. The third kappa shape index (κ3) is 58.6. The smallest absolute Gasteiger partial charge is 0.306 e. The first-order chi connectivity index (χ1) is 35.6. The van der Waals surface area contributed by atoms with Gasteiger partial charge in [-0.2, -0.15) is 0 Å². The molecule has 0 heterocycles. The second kappa shape index (κ2) is 61.3. The molecule has 5 heteroatoms. The molecule has 0 aromatic heterocycles. The van der Waals surface area contributed by atoms with Crippen LogP contribution in [0.4, 0.5) is 0 Å². The van der Waals surface area contributed by atoms with Crippen LogP contribution in [0.3, 0.4) is 0 Å². The van der Waals surface area contributed by atoms with Crippen LogP contribution >= 0.6 is 0 Å². The number of hydrogen-bond acceptors (Lipinski definition) is 5. The highest BCUT2D eigenvalue weighted by atomic mass is 16.6. The molecule has 1 atom stereocenters. The molecule has 5 nitrogen and oxygen atoms in total. The summed E-state index contributed by atoms with van der Waals surface area (Å²) in [4.78, 5) is 25.5. The Balaban J connectivity index is 4.45. The molecule has 72 heavy (non-hydrogen) atoms. The van der Waals surface area contributed by atoms with Gasteiger partial charge in [0.05, 0.1) is 6.61 Å². The van der Waals surface area contributed by atoms with Crippen LogP contribution < -0.4 is 0 Å². The highest BCUT2D eigenvalue weighted by molar-refractivity contribution is 5.70. The van der Waals surface area contributed by atoms with Gasteiger partial charge in [0, 0.05) is 19.4 Å². The van der Waals surface area contributed by atoms with E-state index in [1.807, 2.05) is 6.08 Å². The average molecular weight is 996 g/mol. The van der Waals surface area contributed by atoms with Crippen LogP contribution in [-0.2, 0) is 23.8 Å². The molecule has 0 aliphatic heterocycles. The zero-order valence-electron chi connectivity index (χ0n) is 46.9. The van der Waals surface area contributed by atoms with Crippen molar-refractivity contribution in [2.75, 3.05) is 19.8 Å². The zero-order valence-corrected chi connectivity index (χ0v) is 46.9. The summed E-state index contributed by atoms with van der Waals surface area (Å²) in [6.07, 6.45) is 87.7. The van der Waals surface area contributed by atoms with E-state index < -0.39 is 6.10 Å². The Morgan fingerprint density at radius 2 is 0.653 bits per heavy atom. The minimum Gasteiger partial charge on any atom is -0.462 e. The molecule has 0 fully saturated rings. The van der Waals surface area contributed by atoms with E-state index in [9.17, 15) is 9.59 Å². The van der Waals surface area contributed by atoms with Crippen LogP contribution in [0.15, 0.2) is 134 Å². The SMILES string of the molecule is CC/C=C\C/C=C\C/C=C\C/C=C\C/C=C\C/C=C\CCC(=O)OCC(COCCCCCCCCC/C=C\C/C=C\C/C=C\CCCCC)OC(=O)CCCCCCCCC/C=C\C/C=C\CCCCC. The minimum atomic E-state index is -0.587. The second-order valence-corrected chi connectivity index (χ2v) is 19.2. The van der Waals surface area contributed by atoms with Crippen LogP contribution in [0.1, 0.15) is 252 Å². The van der Waals surface area contributed by atoms with Gasteiger partial charge in [-0.1, -0.05) is 244 Å². The molecule has 0 aromatic carbocycles. The van der Waals surface area contributed by atoms with Crippen molar-refractivity contribution >= 4 is 11.9 Å². The normalized spacial score (nSPS) is 13.2. The highest BCUT2D eigenvalue weighted by Crippen LogP contribution is 2.13. The fourth-order valence-electron chi connectivity index (χ4n) is 7.75. The zero-order chi connectivity index (χ0) is 52.0. The van der Waals surface area contributed by atoms with Crippen LogP contribution in [0.25, 0.3) is 0 Å². The van der Waals surface area contributed by atoms with E-state index in [4.69, 9.17) is 14.2 Å². The van der Waals surface area contributed by atoms with Crippen LogP contribution in [0.2, 0.25) is 0 Å². The third-order valence-corrected chi connectivity index (χ3v) is 12.2. The fraction of sp³-hybridized carbons (Fsp3) is 0.642. The van der Waals surface area contributed by atoms with Crippen molar-refractivity contribution in [1.29, 1.82) is 0 Å². The first-order valence-corrected chi connectivity index (χ1v) is 29.7. The van der Waals surface area contributed by atoms with Crippen molar-refractivity contribution in [1.82, 2.24) is 0 Å². The topological polar surface area (TPSA) is 61.8 Å². The van der Waals surface area contributed by atoms with E-state index >= 15 is 0 Å². The van der Waals surface area contributed by atoms with Crippen molar-refractivity contribution in [2.45, 2.75) is 258 Å². The van der Waals surface area contributed by atoms with Gasteiger partial charge in [0.25, 0.3) is 0 Å². The monoisotopic (exact) mass is 995 g/mol. The number of allylic oxidation sites excluding steroid dienone is 22. The Kier molecular flexibility index (Phi) is 58.0. The molecule has 0 rings (SSSR count). The second-order valence-electron chi connectivity index (χ2n) is 19.2. The van der Waals surface area contributed by atoms with Gasteiger partial charge in [0.15, 0.2) is 6.10 Å². The lowest BCUT2D eigenvalue weighted by atomic mass is 10.1. The number of hydrogen-bond donors (Lipinski definition) is 0. The summed E-state index contributed by atoms with van der Waals surface area (Å²) in [5.41, 5.74) is 0. The molecule has 0 bridgehead atoms. The molecule has 0 N–H and O–H groups in total. The van der Waals surface area contributed by atoms with E-state index in [0.29, 0.717) is 25.9 Å². The van der Waals surface area contributed by atoms with Gasteiger partial charge in [-0.15, -0.1) is 0 Å². The molecule has 0 spiro atoms. The van der Waals surface area contributed by atoms with Gasteiger partial charge >= 0.3 is 11.9 Å². The Labute approximate surface area is 445 Å². The number of unbranched alkanes of at least 4 members (excludes halogenated alkanes) is 20. The number of rotatable bonds is 53. The van der Waals surface area contributed by atoms with Crippen LogP contribution in [0.5, 0.6) is 0 Å². The molecule has 0 amide bonds. The lowest BCUT2D eigenvalue weighted by Gasteiger charge is -2.18. The minimum absolute atomic E-state index is 0.0298. The molecule has 0 aliphatic rings. The van der Waals surface area contributed by atoms with Crippen molar-refractivity contribution in [3.63, 3.8) is 0 Å². The van der Waals surface area contributed by atoms with Gasteiger partial charge < -0.3 is 14.2 Å². The molecule has 0 saturated heterocycles. The highest BCUT2D eigenvalue weighted by Gasteiger charge is 2.17. The number of ether oxygens (including phenoxy) is 3. The molecule has 0 saturated carbocycles. The predicted molar refractivity (Wildman–Crippen MR) is 315 cm³/mol. The van der Waals surface area contributed by atoms with E-state index in [2.05, 4.69) is 148 Å². The largest absolute Gasteiger partial charge is 0.462 e. The quantitative estimate of drug-likeness (QED) is 0.0345. The van der Waals surface area contributed by atoms with E-state index in [-0.39, 0.29) is 25.2 Å². The van der Waals surface area contributed by atoms with Gasteiger partial charge in [-0.3, -0.25) is 9.59 Å². The molecule has 0 aliphatic carbocycles. The van der Waals surface area contributed by atoms with E-state index in [1.165, 1.54) is 116 Å². The number of carbonyl (C=O) groups is 2. The lowest BCUT2D eigenvalue weighted by Crippen LogP contribution is -2.30. The molecule has 0 radical (unpaired) electrons.